The number of benzene rings is 2. The summed E-state index contributed by atoms with van der Waals surface area (Å²) in [5.74, 6) is -0.190. The Bertz CT molecular complexity index is 1250. The van der Waals surface area contributed by atoms with Gasteiger partial charge in [-0.25, -0.2) is 0 Å². The number of rotatable bonds is 7. The van der Waals surface area contributed by atoms with Gasteiger partial charge in [0.05, 0.1) is 26.2 Å². The van der Waals surface area contributed by atoms with Crippen molar-refractivity contribution in [3.63, 3.8) is 0 Å². The average molecular weight is 595 g/mol. The summed E-state index contributed by atoms with van der Waals surface area (Å²) < 4.78 is 33.4. The van der Waals surface area contributed by atoms with Gasteiger partial charge in [0.1, 0.15) is 77.4 Å². The number of ether oxygens (including phenoxy) is 6. The molecule has 230 valence electrons. The van der Waals surface area contributed by atoms with E-state index < -0.39 is 79.9 Å². The van der Waals surface area contributed by atoms with Crippen LogP contribution in [0.2, 0.25) is 0 Å². The third-order valence-electron chi connectivity index (χ3n) is 7.62. The van der Waals surface area contributed by atoms with Gasteiger partial charge in [0.15, 0.2) is 12.1 Å². The lowest BCUT2D eigenvalue weighted by Crippen LogP contribution is -2.61. The lowest BCUT2D eigenvalue weighted by Gasteiger charge is -2.42. The van der Waals surface area contributed by atoms with Gasteiger partial charge < -0.3 is 64.2 Å². The van der Waals surface area contributed by atoms with Gasteiger partial charge in [-0.15, -0.1) is 0 Å². The van der Waals surface area contributed by atoms with E-state index in [0.717, 1.165) is 6.07 Å². The van der Waals surface area contributed by atoms with E-state index in [1.54, 1.807) is 24.3 Å². The number of ketones is 1. The summed E-state index contributed by atoms with van der Waals surface area (Å²) in [6.07, 6.45) is -15.4. The molecule has 7 N–H and O–H groups in total. The Kier molecular flexibility index (Phi) is 8.89. The number of aromatic hydroxyl groups is 1. The van der Waals surface area contributed by atoms with E-state index in [1.807, 2.05) is 0 Å². The van der Waals surface area contributed by atoms with Crippen molar-refractivity contribution in [1.82, 2.24) is 0 Å². The minimum Gasteiger partial charge on any atom is -0.507 e. The second-order valence-corrected chi connectivity index (χ2v) is 10.5. The van der Waals surface area contributed by atoms with Crippen LogP contribution in [0.5, 0.6) is 23.0 Å². The number of carbonyl (C=O) groups excluding carboxylic acids is 1. The summed E-state index contributed by atoms with van der Waals surface area (Å²) in [5, 5.41) is 72.1. The second-order valence-electron chi connectivity index (χ2n) is 10.5. The van der Waals surface area contributed by atoms with Crippen molar-refractivity contribution in [1.29, 1.82) is 0 Å². The lowest BCUT2D eigenvalue weighted by atomic mass is 9.95. The Morgan fingerprint density at radius 1 is 0.833 bits per heavy atom. The molecule has 0 bridgehead atoms. The quantitative estimate of drug-likeness (QED) is 0.208. The van der Waals surface area contributed by atoms with Crippen LogP contribution in [0.3, 0.4) is 0 Å². The van der Waals surface area contributed by atoms with Gasteiger partial charge in [-0.2, -0.15) is 0 Å². The monoisotopic (exact) mass is 594 g/mol. The summed E-state index contributed by atoms with van der Waals surface area (Å²) in [6, 6.07) is 9.43. The van der Waals surface area contributed by atoms with Gasteiger partial charge in [0, 0.05) is 12.1 Å². The molecule has 3 aliphatic rings. The molecule has 14 heteroatoms. The molecule has 2 aromatic rings. The summed E-state index contributed by atoms with van der Waals surface area (Å²) in [4.78, 5) is 12.9. The first-order valence-corrected chi connectivity index (χ1v) is 13.4. The highest BCUT2D eigenvalue weighted by atomic mass is 16.7. The number of carbonyl (C=O) groups is 1. The maximum Gasteiger partial charge on any atom is 0.229 e. The number of Topliss-reactive ketones (excluding diaryl/α,β-unsaturated/α-hetero) is 1. The second kappa shape index (κ2) is 12.3. The van der Waals surface area contributed by atoms with Crippen LogP contribution in [0, 0.1) is 0 Å². The lowest BCUT2D eigenvalue weighted by molar-refractivity contribution is -0.318. The van der Waals surface area contributed by atoms with Crippen LogP contribution in [-0.4, -0.2) is 117 Å². The molecule has 2 aromatic carbocycles. The van der Waals surface area contributed by atoms with E-state index in [1.165, 1.54) is 20.1 Å². The molecule has 0 unspecified atom stereocenters. The standard InChI is InChI=1S/C28H34O14/c1-11-21(31)23(33)25(35)27(39-11)38-10-19-22(32)24(34)26(36)28(42-19)40-14-7-15(29)20-16(30)9-17(41-18(20)8-14)12-3-5-13(37-2)6-4-12/h3-8,11,17,19,21-29,31-36H,9-10H2,1-2H3/t11-,17+,19-,21+,22-,23-,24-,25-,26-,27-,28-/m1/s1. The normalized spacial score (nSPS) is 36.6. The van der Waals surface area contributed by atoms with Crippen molar-refractivity contribution >= 4 is 5.78 Å². The van der Waals surface area contributed by atoms with Crippen molar-refractivity contribution in [3.05, 3.63) is 47.5 Å². The van der Waals surface area contributed by atoms with Crippen molar-refractivity contribution in [2.24, 2.45) is 0 Å². The molecule has 3 heterocycles. The first-order valence-electron chi connectivity index (χ1n) is 13.4. The van der Waals surface area contributed by atoms with Gasteiger partial charge in [0.2, 0.25) is 6.29 Å². The molecule has 0 aromatic heterocycles. The molecule has 0 saturated carbocycles. The van der Waals surface area contributed by atoms with Crippen molar-refractivity contribution in [2.45, 2.75) is 80.9 Å². The minimum absolute atomic E-state index is 0.0164. The minimum atomic E-state index is -1.75. The Hall–Kier alpha value is -3.05. The van der Waals surface area contributed by atoms with Crippen LogP contribution >= 0.6 is 0 Å². The summed E-state index contributed by atoms with van der Waals surface area (Å²) in [7, 11) is 1.53. The highest BCUT2D eigenvalue weighted by Crippen LogP contribution is 2.42. The first kappa shape index (κ1) is 30.4. The van der Waals surface area contributed by atoms with E-state index in [0.29, 0.717) is 11.3 Å². The van der Waals surface area contributed by atoms with Gasteiger partial charge in [-0.05, 0) is 24.6 Å². The molecule has 0 spiro atoms. The largest absolute Gasteiger partial charge is 0.507 e. The van der Waals surface area contributed by atoms with Gasteiger partial charge in [-0.1, -0.05) is 12.1 Å². The van der Waals surface area contributed by atoms with Crippen LogP contribution in [-0.2, 0) is 14.2 Å². The van der Waals surface area contributed by atoms with Crippen molar-refractivity contribution in [2.75, 3.05) is 13.7 Å². The van der Waals surface area contributed by atoms with Gasteiger partial charge in [-0.3, -0.25) is 4.79 Å². The Morgan fingerprint density at radius 3 is 2.19 bits per heavy atom. The molecule has 5 rings (SSSR count). The van der Waals surface area contributed by atoms with Crippen LogP contribution in [0.25, 0.3) is 0 Å². The number of hydrogen-bond acceptors (Lipinski definition) is 14. The predicted octanol–water partition coefficient (Wildman–Crippen LogP) is -0.862. The third-order valence-corrected chi connectivity index (χ3v) is 7.62. The molecular formula is C28H34O14. The predicted molar refractivity (Wildman–Crippen MR) is 139 cm³/mol. The molecule has 2 saturated heterocycles. The fourth-order valence-electron chi connectivity index (χ4n) is 5.11. The van der Waals surface area contributed by atoms with E-state index in [-0.39, 0.29) is 29.3 Å². The number of hydrogen-bond donors (Lipinski definition) is 7. The zero-order valence-corrected chi connectivity index (χ0v) is 22.7. The van der Waals surface area contributed by atoms with Crippen LogP contribution in [0.4, 0.5) is 0 Å². The average Bonchev–Trinajstić information content (AvgIpc) is 2.97. The molecule has 11 atom stereocenters. The highest BCUT2D eigenvalue weighted by molar-refractivity contribution is 6.02. The van der Waals surface area contributed by atoms with Gasteiger partial charge in [0.25, 0.3) is 0 Å². The van der Waals surface area contributed by atoms with Gasteiger partial charge >= 0.3 is 0 Å². The smallest absolute Gasteiger partial charge is 0.229 e. The fraction of sp³-hybridized carbons (Fsp3) is 0.536. The van der Waals surface area contributed by atoms with Crippen molar-refractivity contribution in [3.8, 4) is 23.0 Å². The summed E-state index contributed by atoms with van der Waals surface area (Å²) >= 11 is 0. The molecule has 2 fully saturated rings. The summed E-state index contributed by atoms with van der Waals surface area (Å²) in [6.45, 7) is 0.995. The van der Waals surface area contributed by atoms with Crippen LogP contribution < -0.4 is 14.2 Å². The number of fused-ring (bicyclic) bond motifs is 1. The maximum atomic E-state index is 12.9. The number of methoxy groups -OCH3 is 1. The third kappa shape index (κ3) is 5.90. The molecule has 0 aliphatic carbocycles. The molecule has 0 amide bonds. The molecule has 14 nitrogen and oxygen atoms in total. The van der Waals surface area contributed by atoms with Crippen LogP contribution in [0.1, 0.15) is 35.4 Å². The SMILES string of the molecule is COc1ccc([C@@H]2CC(=O)c3c(O)cc(O[C@@H]4O[C@H](CO[C@@H]5O[C@H](C)[C@H](O)[C@@H](O)[C@H]5O)[C@@H](O)[C@@H](O)[C@H]4O)cc3O2)cc1. The number of aliphatic hydroxyl groups is 6. The number of phenolic OH excluding ortho intramolecular Hbond substituents is 1. The molecule has 42 heavy (non-hydrogen) atoms. The summed E-state index contributed by atoms with van der Waals surface area (Å²) in [5.41, 5.74) is 0.668. The van der Waals surface area contributed by atoms with Crippen molar-refractivity contribution < 1.29 is 69.0 Å². The first-order chi connectivity index (χ1) is 20.0. The van der Waals surface area contributed by atoms with E-state index in [4.69, 9.17) is 28.4 Å². The van der Waals surface area contributed by atoms with Crippen LogP contribution in [0.15, 0.2) is 36.4 Å². The molecule has 3 aliphatic heterocycles. The molecule has 0 radical (unpaired) electrons. The Balaban J connectivity index is 1.29. The topological polar surface area (TPSA) is 214 Å². The Morgan fingerprint density at radius 2 is 1.50 bits per heavy atom. The van der Waals surface area contributed by atoms with E-state index >= 15 is 0 Å². The number of aliphatic hydroxyl groups excluding tert-OH is 6. The zero-order valence-electron chi connectivity index (χ0n) is 22.7. The maximum absolute atomic E-state index is 12.9. The highest BCUT2D eigenvalue weighted by Gasteiger charge is 2.47. The van der Waals surface area contributed by atoms with E-state index in [9.17, 15) is 40.5 Å². The fourth-order valence-corrected chi connectivity index (χ4v) is 5.11. The van der Waals surface area contributed by atoms with E-state index in [2.05, 4.69) is 0 Å². The zero-order chi connectivity index (χ0) is 30.3. The molecular weight excluding hydrogens is 560 g/mol. The Labute approximate surface area is 240 Å². The number of phenols is 1.